The molecule has 1 aliphatic heterocycles. The van der Waals surface area contributed by atoms with E-state index in [0.29, 0.717) is 4.99 Å². The molecule has 1 saturated heterocycles. The van der Waals surface area contributed by atoms with Crippen molar-refractivity contribution in [2.45, 2.75) is 39.3 Å². The Bertz CT molecular complexity index is 411. The lowest BCUT2D eigenvalue weighted by atomic mass is 10.0. The molecule has 1 aliphatic rings. The quantitative estimate of drug-likeness (QED) is 0.846. The first-order valence-electron chi connectivity index (χ1n) is 6.70. The van der Waals surface area contributed by atoms with Gasteiger partial charge >= 0.3 is 0 Å². The number of rotatable bonds is 4. The molecule has 0 amide bonds. The van der Waals surface area contributed by atoms with Crippen LogP contribution in [0.5, 0.6) is 0 Å². The Labute approximate surface area is 115 Å². The van der Waals surface area contributed by atoms with Crippen LogP contribution in [-0.2, 0) is 6.54 Å². The van der Waals surface area contributed by atoms with Crippen LogP contribution in [0.1, 0.15) is 37.8 Å². The van der Waals surface area contributed by atoms with Crippen molar-refractivity contribution in [2.75, 3.05) is 6.54 Å². The molecule has 0 bridgehead atoms. The molecular formula is C15H22N2S. The van der Waals surface area contributed by atoms with E-state index in [9.17, 15) is 0 Å². The van der Waals surface area contributed by atoms with E-state index in [1.165, 1.54) is 24.9 Å². The largest absolute Gasteiger partial charge is 0.389 e. The second kappa shape index (κ2) is 5.81. The van der Waals surface area contributed by atoms with Crippen LogP contribution in [0.2, 0.25) is 0 Å². The molecule has 0 aliphatic carbocycles. The average Bonchev–Trinajstić information content (AvgIpc) is 2.78. The van der Waals surface area contributed by atoms with Crippen LogP contribution in [-0.4, -0.2) is 22.5 Å². The van der Waals surface area contributed by atoms with Gasteiger partial charge in [0.1, 0.15) is 4.99 Å². The van der Waals surface area contributed by atoms with Crippen LogP contribution < -0.4 is 5.73 Å². The number of nitrogens with two attached hydrogens (primary N) is 1. The number of benzene rings is 1. The lowest BCUT2D eigenvalue weighted by Gasteiger charge is -2.27. The Kier molecular flexibility index (Phi) is 4.36. The summed E-state index contributed by atoms with van der Waals surface area (Å²) in [5.74, 6) is 0.739. The van der Waals surface area contributed by atoms with Gasteiger partial charge in [0.25, 0.3) is 0 Å². The second-order valence-corrected chi connectivity index (χ2v) is 5.93. The first-order valence-corrected chi connectivity index (χ1v) is 7.11. The normalized spacial score (nSPS) is 20.5. The molecule has 0 radical (unpaired) electrons. The van der Waals surface area contributed by atoms with Gasteiger partial charge in [-0.15, -0.1) is 0 Å². The fourth-order valence-corrected chi connectivity index (χ4v) is 2.95. The van der Waals surface area contributed by atoms with E-state index in [1.807, 2.05) is 12.1 Å². The number of hydrogen-bond donors (Lipinski definition) is 1. The first kappa shape index (κ1) is 13.5. The molecule has 1 heterocycles. The first-order chi connectivity index (χ1) is 8.58. The van der Waals surface area contributed by atoms with Crippen LogP contribution >= 0.6 is 12.2 Å². The van der Waals surface area contributed by atoms with E-state index in [4.69, 9.17) is 18.0 Å². The van der Waals surface area contributed by atoms with Crippen molar-refractivity contribution in [3.8, 4) is 0 Å². The standard InChI is InChI=1S/C15H22N2S/c1-11(2)14-4-3-9-17(14)10-12-5-7-13(8-6-12)15(16)18/h5-8,11,14H,3-4,9-10H2,1-2H3,(H2,16,18). The van der Waals surface area contributed by atoms with Gasteiger partial charge in [0.15, 0.2) is 0 Å². The molecule has 1 fully saturated rings. The van der Waals surface area contributed by atoms with Crippen molar-refractivity contribution < 1.29 is 0 Å². The van der Waals surface area contributed by atoms with Gasteiger partial charge in [0.2, 0.25) is 0 Å². The van der Waals surface area contributed by atoms with E-state index in [-0.39, 0.29) is 0 Å². The molecule has 1 aromatic rings. The summed E-state index contributed by atoms with van der Waals surface area (Å²) in [6.07, 6.45) is 2.66. The predicted molar refractivity (Wildman–Crippen MR) is 80.6 cm³/mol. The highest BCUT2D eigenvalue weighted by Gasteiger charge is 2.26. The molecule has 2 N–H and O–H groups in total. The zero-order valence-electron chi connectivity index (χ0n) is 11.2. The maximum Gasteiger partial charge on any atom is 0.103 e. The van der Waals surface area contributed by atoms with Crippen molar-refractivity contribution in [1.29, 1.82) is 0 Å². The van der Waals surface area contributed by atoms with Crippen molar-refractivity contribution in [1.82, 2.24) is 4.90 Å². The van der Waals surface area contributed by atoms with E-state index in [2.05, 4.69) is 30.9 Å². The fourth-order valence-electron chi connectivity index (χ4n) is 2.81. The van der Waals surface area contributed by atoms with E-state index in [1.54, 1.807) is 0 Å². The SMILES string of the molecule is CC(C)C1CCCN1Cc1ccc(C(N)=S)cc1. The molecule has 98 valence electrons. The van der Waals surface area contributed by atoms with E-state index in [0.717, 1.165) is 24.1 Å². The zero-order valence-corrected chi connectivity index (χ0v) is 12.0. The molecule has 3 heteroatoms. The van der Waals surface area contributed by atoms with Gasteiger partial charge in [-0.05, 0) is 30.9 Å². The topological polar surface area (TPSA) is 29.3 Å². The summed E-state index contributed by atoms with van der Waals surface area (Å²) in [5, 5.41) is 0. The van der Waals surface area contributed by atoms with Gasteiger partial charge in [-0.25, -0.2) is 0 Å². The molecule has 2 nitrogen and oxygen atoms in total. The maximum absolute atomic E-state index is 5.61. The Morgan fingerprint density at radius 3 is 2.61 bits per heavy atom. The molecule has 1 atom stereocenters. The van der Waals surface area contributed by atoms with Crippen molar-refractivity contribution in [3.05, 3.63) is 35.4 Å². The Balaban J connectivity index is 2.02. The van der Waals surface area contributed by atoms with Gasteiger partial charge in [0.05, 0.1) is 0 Å². The van der Waals surface area contributed by atoms with Crippen LogP contribution in [0.15, 0.2) is 24.3 Å². The highest BCUT2D eigenvalue weighted by Crippen LogP contribution is 2.25. The number of nitrogens with zero attached hydrogens (tertiary/aromatic N) is 1. The van der Waals surface area contributed by atoms with Gasteiger partial charge in [-0.3, -0.25) is 4.90 Å². The number of likely N-dealkylation sites (tertiary alicyclic amines) is 1. The number of thiocarbonyl (C=S) groups is 1. The maximum atomic E-state index is 5.61. The molecule has 0 aromatic heterocycles. The summed E-state index contributed by atoms with van der Waals surface area (Å²) < 4.78 is 0. The summed E-state index contributed by atoms with van der Waals surface area (Å²) in [6, 6.07) is 9.07. The highest BCUT2D eigenvalue weighted by atomic mass is 32.1. The molecule has 2 rings (SSSR count). The van der Waals surface area contributed by atoms with Crippen LogP contribution in [0, 0.1) is 5.92 Å². The lowest BCUT2D eigenvalue weighted by molar-refractivity contribution is 0.199. The molecule has 18 heavy (non-hydrogen) atoms. The lowest BCUT2D eigenvalue weighted by Crippen LogP contribution is -2.32. The Hall–Kier alpha value is -0.930. The summed E-state index contributed by atoms with van der Waals surface area (Å²) in [5.41, 5.74) is 7.91. The zero-order chi connectivity index (χ0) is 13.1. The summed E-state index contributed by atoms with van der Waals surface area (Å²) in [7, 11) is 0. The van der Waals surface area contributed by atoms with Gasteiger partial charge in [0, 0.05) is 18.2 Å². The van der Waals surface area contributed by atoms with Crippen LogP contribution in [0.25, 0.3) is 0 Å². The van der Waals surface area contributed by atoms with Gasteiger partial charge in [-0.2, -0.15) is 0 Å². The summed E-state index contributed by atoms with van der Waals surface area (Å²) in [4.78, 5) is 3.07. The van der Waals surface area contributed by atoms with Crippen LogP contribution in [0.3, 0.4) is 0 Å². The predicted octanol–water partition coefficient (Wildman–Crippen LogP) is 2.94. The van der Waals surface area contributed by atoms with E-state index < -0.39 is 0 Å². The minimum Gasteiger partial charge on any atom is -0.389 e. The Morgan fingerprint density at radius 1 is 1.39 bits per heavy atom. The van der Waals surface area contributed by atoms with Crippen molar-refractivity contribution in [2.24, 2.45) is 11.7 Å². The highest BCUT2D eigenvalue weighted by molar-refractivity contribution is 7.80. The molecular weight excluding hydrogens is 240 g/mol. The van der Waals surface area contributed by atoms with Crippen molar-refractivity contribution >= 4 is 17.2 Å². The molecule has 0 saturated carbocycles. The van der Waals surface area contributed by atoms with Crippen LogP contribution in [0.4, 0.5) is 0 Å². The summed E-state index contributed by atoms with van der Waals surface area (Å²) >= 11 is 4.97. The van der Waals surface area contributed by atoms with E-state index >= 15 is 0 Å². The molecule has 0 spiro atoms. The fraction of sp³-hybridized carbons (Fsp3) is 0.533. The van der Waals surface area contributed by atoms with Gasteiger partial charge in [-0.1, -0.05) is 50.3 Å². The minimum absolute atomic E-state index is 0.475. The van der Waals surface area contributed by atoms with Crippen molar-refractivity contribution in [3.63, 3.8) is 0 Å². The summed E-state index contributed by atoms with van der Waals surface area (Å²) in [6.45, 7) is 6.90. The third kappa shape index (κ3) is 3.09. The third-order valence-electron chi connectivity index (χ3n) is 3.81. The number of hydrogen-bond acceptors (Lipinski definition) is 2. The third-order valence-corrected chi connectivity index (χ3v) is 4.04. The smallest absolute Gasteiger partial charge is 0.103 e. The molecule has 1 aromatic carbocycles. The van der Waals surface area contributed by atoms with Gasteiger partial charge < -0.3 is 5.73 Å². The monoisotopic (exact) mass is 262 g/mol. The second-order valence-electron chi connectivity index (χ2n) is 5.49. The molecule has 1 unspecified atom stereocenters. The minimum atomic E-state index is 0.475. The average molecular weight is 262 g/mol. The Morgan fingerprint density at radius 2 is 2.06 bits per heavy atom.